The molecule has 0 amide bonds. The van der Waals surface area contributed by atoms with Crippen LogP contribution < -0.4 is 0 Å². The van der Waals surface area contributed by atoms with Crippen LogP contribution >= 0.6 is 0 Å². The second kappa shape index (κ2) is 1.30. The van der Waals surface area contributed by atoms with Crippen molar-refractivity contribution in [1.82, 2.24) is 0 Å². The zero-order valence-electron chi connectivity index (χ0n) is 7.76. The first-order valence-electron chi connectivity index (χ1n) is 5.96. The van der Waals surface area contributed by atoms with E-state index < -0.39 is 0 Å². The molecule has 1 heterocycles. The highest BCUT2D eigenvalue weighted by atomic mass is 16.5. The van der Waals surface area contributed by atoms with E-state index in [1.807, 2.05) is 0 Å². The number of nitriles is 1. The topological polar surface area (TPSA) is 33.0 Å². The van der Waals surface area contributed by atoms with Crippen LogP contribution in [0.2, 0.25) is 0 Å². The smallest absolute Gasteiger partial charge is 0.0699 e. The highest BCUT2D eigenvalue weighted by Gasteiger charge is 2.96. The summed E-state index contributed by atoms with van der Waals surface area (Å²) in [7, 11) is 0. The van der Waals surface area contributed by atoms with E-state index in [0.717, 1.165) is 41.4 Å². The summed E-state index contributed by atoms with van der Waals surface area (Å²) in [4.78, 5) is 0. The molecule has 0 aromatic carbocycles. The molecular weight excluding hydrogens is 174 g/mol. The van der Waals surface area contributed by atoms with Crippen LogP contribution in [0.25, 0.3) is 0 Å². The lowest BCUT2D eigenvalue weighted by molar-refractivity contribution is -0.0448. The molecule has 6 fully saturated rings. The molecule has 10 atom stereocenters. The molecule has 0 aromatic rings. The number of hydrogen-bond acceptors (Lipinski definition) is 2. The summed E-state index contributed by atoms with van der Waals surface area (Å²) in [5.74, 6) is 5.74. The Labute approximate surface area is 82.2 Å². The van der Waals surface area contributed by atoms with Crippen molar-refractivity contribution in [3.63, 3.8) is 0 Å². The second-order valence-corrected chi connectivity index (χ2v) is 6.39. The Morgan fingerprint density at radius 1 is 1.14 bits per heavy atom. The van der Waals surface area contributed by atoms with Crippen LogP contribution in [0.1, 0.15) is 6.42 Å². The molecule has 0 N–H and O–H groups in total. The van der Waals surface area contributed by atoms with Gasteiger partial charge in [-0.25, -0.2) is 0 Å². The summed E-state index contributed by atoms with van der Waals surface area (Å²) < 4.78 is 6.14. The summed E-state index contributed by atoms with van der Waals surface area (Å²) in [6.07, 6.45) is 2.49. The van der Waals surface area contributed by atoms with Gasteiger partial charge in [-0.2, -0.15) is 5.26 Å². The fourth-order valence-corrected chi connectivity index (χ4v) is 7.06. The van der Waals surface area contributed by atoms with Crippen molar-refractivity contribution < 1.29 is 4.74 Å². The molecule has 0 bridgehead atoms. The lowest BCUT2D eigenvalue weighted by atomic mass is 9.76. The van der Waals surface area contributed by atoms with E-state index >= 15 is 0 Å². The zero-order valence-corrected chi connectivity index (χ0v) is 7.76. The Bertz CT molecular complexity index is 426. The van der Waals surface area contributed by atoms with Crippen molar-refractivity contribution in [3.05, 3.63) is 0 Å². The van der Waals surface area contributed by atoms with Crippen molar-refractivity contribution >= 4 is 0 Å². The summed E-state index contributed by atoms with van der Waals surface area (Å²) in [6, 6.07) is 2.72. The number of nitrogens with zero attached hydrogens (tertiary/aromatic N) is 1. The van der Waals surface area contributed by atoms with Crippen LogP contribution in [0.5, 0.6) is 0 Å². The van der Waals surface area contributed by atoms with Gasteiger partial charge in [0.2, 0.25) is 0 Å². The predicted molar refractivity (Wildman–Crippen MR) is 45.8 cm³/mol. The minimum absolute atomic E-state index is 0.194. The van der Waals surface area contributed by atoms with Crippen molar-refractivity contribution in [2.75, 3.05) is 0 Å². The maximum absolute atomic E-state index is 9.46. The van der Waals surface area contributed by atoms with Crippen molar-refractivity contribution in [3.8, 4) is 6.07 Å². The summed E-state index contributed by atoms with van der Waals surface area (Å²) >= 11 is 0. The van der Waals surface area contributed by atoms with Crippen molar-refractivity contribution in [2.24, 2.45) is 46.8 Å². The first-order chi connectivity index (χ1) is 6.89. The number of fused-ring (bicyclic) bond motifs is 2. The average Bonchev–Trinajstić information content (AvgIpc) is 2.54. The van der Waals surface area contributed by atoms with Crippen molar-refractivity contribution in [2.45, 2.75) is 18.6 Å². The molecule has 0 aromatic heterocycles. The molecule has 0 spiro atoms. The van der Waals surface area contributed by atoms with E-state index in [2.05, 4.69) is 6.07 Å². The maximum Gasteiger partial charge on any atom is 0.0699 e. The van der Waals surface area contributed by atoms with E-state index in [-0.39, 0.29) is 5.41 Å². The molecule has 2 heteroatoms. The van der Waals surface area contributed by atoms with E-state index in [1.165, 1.54) is 6.42 Å². The highest BCUT2D eigenvalue weighted by Crippen LogP contribution is 2.94. The van der Waals surface area contributed by atoms with E-state index in [1.54, 1.807) is 0 Å². The quantitative estimate of drug-likeness (QED) is 0.565. The van der Waals surface area contributed by atoms with Crippen LogP contribution in [0, 0.1) is 58.2 Å². The molecule has 6 aliphatic rings. The Morgan fingerprint density at radius 3 is 2.86 bits per heavy atom. The number of ether oxygens (including phenoxy) is 1. The lowest BCUT2D eigenvalue weighted by Gasteiger charge is -2.31. The molecule has 5 aliphatic carbocycles. The monoisotopic (exact) mass is 185 g/mol. The van der Waals surface area contributed by atoms with Gasteiger partial charge >= 0.3 is 0 Å². The van der Waals surface area contributed by atoms with Crippen molar-refractivity contribution in [1.29, 1.82) is 5.26 Å². The molecule has 5 saturated carbocycles. The van der Waals surface area contributed by atoms with Crippen LogP contribution in [-0.4, -0.2) is 12.2 Å². The third-order valence-corrected chi connectivity index (χ3v) is 6.79. The maximum atomic E-state index is 9.46. The summed E-state index contributed by atoms with van der Waals surface area (Å²) in [5, 5.41) is 9.46. The van der Waals surface area contributed by atoms with E-state index in [0.29, 0.717) is 12.2 Å². The highest BCUT2D eigenvalue weighted by molar-refractivity contribution is 5.46. The molecule has 14 heavy (non-hydrogen) atoms. The van der Waals surface area contributed by atoms with Crippen LogP contribution in [0.3, 0.4) is 0 Å². The summed E-state index contributed by atoms with van der Waals surface area (Å²) in [6.45, 7) is 0. The second-order valence-electron chi connectivity index (χ2n) is 6.39. The molecule has 2 nitrogen and oxygen atoms in total. The lowest BCUT2D eigenvalue weighted by Crippen LogP contribution is -2.33. The van der Waals surface area contributed by atoms with Gasteiger partial charge in [-0.05, 0) is 47.8 Å². The van der Waals surface area contributed by atoms with Gasteiger partial charge in [0.1, 0.15) is 0 Å². The standard InChI is InChI=1S/C12H11NO/c13-2-12-8-3-1-4-6(8)7-10(12)9(12)5(3)11(7)14-4/h3-11H,1H2/t3-,4+,5+,6-,7+,8-,9-,10+,11-,12+/m1/s1. The fraction of sp³-hybridized carbons (Fsp3) is 0.917. The van der Waals surface area contributed by atoms with Gasteiger partial charge in [0, 0.05) is 0 Å². The van der Waals surface area contributed by atoms with Gasteiger partial charge < -0.3 is 4.74 Å². The number of rotatable bonds is 0. The molecule has 70 valence electrons. The van der Waals surface area contributed by atoms with Gasteiger partial charge in [-0.3, -0.25) is 0 Å². The minimum atomic E-state index is 0.194. The molecule has 1 saturated heterocycles. The molecule has 0 unspecified atom stereocenters. The average molecular weight is 185 g/mol. The Morgan fingerprint density at radius 2 is 2.00 bits per heavy atom. The van der Waals surface area contributed by atoms with Gasteiger partial charge in [0.15, 0.2) is 0 Å². The van der Waals surface area contributed by atoms with Gasteiger partial charge in [0.05, 0.1) is 23.7 Å². The number of hydrogen-bond donors (Lipinski definition) is 0. The molecule has 6 rings (SSSR count). The van der Waals surface area contributed by atoms with E-state index in [4.69, 9.17) is 4.74 Å². The van der Waals surface area contributed by atoms with Gasteiger partial charge in [0.25, 0.3) is 0 Å². The minimum Gasteiger partial charge on any atom is -0.374 e. The Balaban J connectivity index is 1.76. The predicted octanol–water partition coefficient (Wildman–Crippen LogP) is 1.04. The van der Waals surface area contributed by atoms with Crippen LogP contribution in [-0.2, 0) is 4.74 Å². The summed E-state index contributed by atoms with van der Waals surface area (Å²) in [5.41, 5.74) is 0.194. The third kappa shape index (κ3) is 0.283. The first-order valence-corrected chi connectivity index (χ1v) is 5.96. The third-order valence-electron chi connectivity index (χ3n) is 6.79. The van der Waals surface area contributed by atoms with E-state index in [9.17, 15) is 5.26 Å². The molecular formula is C12H11NO. The zero-order chi connectivity index (χ0) is 8.82. The van der Waals surface area contributed by atoms with Crippen LogP contribution in [0.15, 0.2) is 0 Å². The largest absolute Gasteiger partial charge is 0.374 e. The molecule has 1 aliphatic heterocycles. The van der Waals surface area contributed by atoms with Gasteiger partial charge in [-0.15, -0.1) is 0 Å². The van der Waals surface area contributed by atoms with Gasteiger partial charge in [-0.1, -0.05) is 0 Å². The SMILES string of the molecule is N#C[C@]12[C@@H]3[C@@H]4C[C@@H]5O[C@@H]6[C@@H]4[C@@H]1[C@@H]2[C@@H]6[C@H]35. The Kier molecular flexibility index (Phi) is 0.568. The first kappa shape index (κ1) is 6.12. The Hall–Kier alpha value is -0.550. The molecule has 0 radical (unpaired) electrons. The van der Waals surface area contributed by atoms with Crippen LogP contribution in [0.4, 0.5) is 0 Å². The fourth-order valence-electron chi connectivity index (χ4n) is 7.06. The normalized spacial score (nSPS) is 86.9.